The maximum absolute atomic E-state index is 10.5. The summed E-state index contributed by atoms with van der Waals surface area (Å²) in [5, 5.41) is 30.1. The number of rotatable bonds is 8. The summed E-state index contributed by atoms with van der Waals surface area (Å²) in [7, 11) is 0. The fourth-order valence-corrected chi connectivity index (χ4v) is 10.2. The van der Waals surface area contributed by atoms with Crippen LogP contribution in [-0.4, -0.2) is 0 Å². The minimum absolute atomic E-state index is 0.589. The molecule has 0 spiro atoms. The Morgan fingerprint density at radius 1 is 0.364 bits per heavy atom. The molecule has 1 aliphatic carbocycles. The van der Waals surface area contributed by atoms with Gasteiger partial charge in [-0.15, -0.1) is 0 Å². The van der Waals surface area contributed by atoms with Crippen LogP contribution in [0.3, 0.4) is 0 Å². The Morgan fingerprint density at radius 3 is 1.45 bits per heavy atom. The average Bonchev–Trinajstić information content (AvgIpc) is 3.39. The van der Waals surface area contributed by atoms with Gasteiger partial charge in [0.05, 0.1) is 33.9 Å². The standard InChI is InChI=1S/C62H40N4/c63-39-51-13-5-7-15-57(51)65(53-29-21-43(22-30-53)49-19-17-41-9-1-3-11-47(41)37-49)59-35-27-45-26-34-56-60(36-28-46-25-33-55(59)61(45)62(46)56)66(58-16-8-6-14-52(58)40-64)54-31-23-44(24-32-54)50-20-18-42-10-2-4-12-48(42)38-50/h1-17,19,21-38H,18,20H2. The molecule has 0 saturated carbocycles. The van der Waals surface area contributed by atoms with Gasteiger partial charge in [-0.2, -0.15) is 10.5 Å². The van der Waals surface area contributed by atoms with E-state index >= 15 is 0 Å². The van der Waals surface area contributed by atoms with Gasteiger partial charge in [0.2, 0.25) is 0 Å². The molecule has 0 bridgehead atoms. The normalized spacial score (nSPS) is 12.2. The number of nitriles is 2. The van der Waals surface area contributed by atoms with Crippen molar-refractivity contribution in [3.8, 4) is 23.3 Å². The van der Waals surface area contributed by atoms with Crippen molar-refractivity contribution >= 4 is 88.9 Å². The molecule has 0 unspecified atom stereocenters. The third kappa shape index (κ3) is 6.52. The molecule has 0 fully saturated rings. The van der Waals surface area contributed by atoms with Gasteiger partial charge < -0.3 is 9.80 Å². The van der Waals surface area contributed by atoms with Gasteiger partial charge in [-0.25, -0.2) is 0 Å². The highest BCUT2D eigenvalue weighted by atomic mass is 15.2. The molecular formula is C62H40N4. The second-order valence-electron chi connectivity index (χ2n) is 17.0. The fourth-order valence-electron chi connectivity index (χ4n) is 10.2. The molecule has 0 radical (unpaired) electrons. The molecule has 11 aromatic rings. The Morgan fingerprint density at radius 2 is 0.848 bits per heavy atom. The second kappa shape index (κ2) is 16.0. The molecule has 0 aromatic heterocycles. The Bertz CT molecular complexity index is 3790. The van der Waals surface area contributed by atoms with Crippen LogP contribution in [0.2, 0.25) is 0 Å². The molecule has 12 rings (SSSR count). The molecule has 0 atom stereocenters. The Kier molecular flexibility index (Phi) is 9.37. The molecule has 308 valence electrons. The van der Waals surface area contributed by atoms with E-state index in [1.54, 1.807) is 0 Å². The van der Waals surface area contributed by atoms with Crippen LogP contribution in [0.5, 0.6) is 0 Å². The summed E-state index contributed by atoms with van der Waals surface area (Å²) in [6.45, 7) is 0. The predicted molar refractivity (Wildman–Crippen MR) is 275 cm³/mol. The first-order valence-corrected chi connectivity index (χ1v) is 22.4. The quantitative estimate of drug-likeness (QED) is 0.143. The number of aryl methyl sites for hydroxylation is 1. The highest BCUT2D eigenvalue weighted by Crippen LogP contribution is 2.48. The van der Waals surface area contributed by atoms with Gasteiger partial charge in [-0.3, -0.25) is 0 Å². The van der Waals surface area contributed by atoms with E-state index in [0.29, 0.717) is 11.1 Å². The molecule has 0 saturated heterocycles. The summed E-state index contributed by atoms with van der Waals surface area (Å²) in [5.41, 5.74) is 14.2. The molecule has 0 heterocycles. The van der Waals surface area contributed by atoms with Crippen LogP contribution < -0.4 is 9.80 Å². The molecule has 0 N–H and O–H groups in total. The maximum Gasteiger partial charge on any atom is 0.101 e. The number of benzene rings is 11. The van der Waals surface area contributed by atoms with Gasteiger partial charge in [0.15, 0.2) is 0 Å². The lowest BCUT2D eigenvalue weighted by Crippen LogP contribution is -2.13. The highest BCUT2D eigenvalue weighted by molar-refractivity contribution is 6.28. The summed E-state index contributed by atoms with van der Waals surface area (Å²) in [5.74, 6) is 0. The topological polar surface area (TPSA) is 54.1 Å². The van der Waals surface area contributed by atoms with Crippen molar-refractivity contribution in [1.82, 2.24) is 0 Å². The van der Waals surface area contributed by atoms with Gasteiger partial charge in [-0.1, -0.05) is 152 Å². The Hall–Kier alpha value is -8.96. The predicted octanol–water partition coefficient (Wildman–Crippen LogP) is 16.6. The summed E-state index contributed by atoms with van der Waals surface area (Å²) in [6.07, 6.45) is 4.34. The Labute approximate surface area is 383 Å². The molecule has 66 heavy (non-hydrogen) atoms. The van der Waals surface area contributed by atoms with Crippen LogP contribution in [-0.2, 0) is 6.42 Å². The van der Waals surface area contributed by atoms with Crippen LogP contribution in [0, 0.1) is 22.7 Å². The lowest BCUT2D eigenvalue weighted by atomic mass is 9.88. The lowest BCUT2D eigenvalue weighted by molar-refractivity contribution is 1.00. The van der Waals surface area contributed by atoms with Crippen molar-refractivity contribution in [2.24, 2.45) is 0 Å². The molecule has 0 amide bonds. The van der Waals surface area contributed by atoms with E-state index in [1.807, 2.05) is 48.5 Å². The number of anilines is 6. The van der Waals surface area contributed by atoms with Crippen molar-refractivity contribution in [2.45, 2.75) is 12.8 Å². The summed E-state index contributed by atoms with van der Waals surface area (Å²) in [6, 6.07) is 79.6. The highest BCUT2D eigenvalue weighted by Gasteiger charge is 2.24. The summed E-state index contributed by atoms with van der Waals surface area (Å²) < 4.78 is 0. The van der Waals surface area contributed by atoms with E-state index in [9.17, 15) is 10.5 Å². The third-order valence-electron chi connectivity index (χ3n) is 13.4. The molecule has 11 aromatic carbocycles. The minimum Gasteiger partial charge on any atom is -0.309 e. The Balaban J connectivity index is 1.02. The minimum atomic E-state index is 0.589. The van der Waals surface area contributed by atoms with Gasteiger partial charge >= 0.3 is 0 Å². The second-order valence-corrected chi connectivity index (χ2v) is 17.0. The van der Waals surface area contributed by atoms with Crippen molar-refractivity contribution in [3.63, 3.8) is 0 Å². The molecule has 4 nitrogen and oxygen atoms in total. The van der Waals surface area contributed by atoms with Gasteiger partial charge in [0.1, 0.15) is 12.1 Å². The van der Waals surface area contributed by atoms with Crippen molar-refractivity contribution in [2.75, 3.05) is 9.80 Å². The van der Waals surface area contributed by atoms with E-state index in [4.69, 9.17) is 0 Å². The molecule has 1 aliphatic rings. The van der Waals surface area contributed by atoms with E-state index in [1.165, 1.54) is 33.0 Å². The van der Waals surface area contributed by atoms with Crippen LogP contribution >= 0.6 is 0 Å². The maximum atomic E-state index is 10.5. The van der Waals surface area contributed by atoms with Crippen LogP contribution in [0.15, 0.2) is 212 Å². The SMILES string of the molecule is N#Cc1ccccc1N(c1ccc(C2=Cc3ccccc3CC2)cc1)c1ccc2ccc3c(N(c4ccc(-c5ccc6ccccc6c5)cc4)c4ccccc4C#N)ccc4ccc1c2c43. The number of nitrogens with zero attached hydrogens (tertiary/aromatic N) is 4. The van der Waals surface area contributed by atoms with E-state index in [2.05, 4.69) is 192 Å². The number of fused-ring (bicyclic) bond motifs is 2. The van der Waals surface area contributed by atoms with E-state index < -0.39 is 0 Å². The van der Waals surface area contributed by atoms with Gasteiger partial charge in [0, 0.05) is 22.1 Å². The van der Waals surface area contributed by atoms with Crippen LogP contribution in [0.1, 0.15) is 34.2 Å². The first-order valence-electron chi connectivity index (χ1n) is 22.4. The zero-order valence-corrected chi connectivity index (χ0v) is 36.0. The monoisotopic (exact) mass is 840 g/mol. The first kappa shape index (κ1) is 38.7. The third-order valence-corrected chi connectivity index (χ3v) is 13.4. The van der Waals surface area contributed by atoms with E-state index in [-0.39, 0.29) is 0 Å². The van der Waals surface area contributed by atoms with Gasteiger partial charge in [-0.05, 0) is 145 Å². The zero-order valence-electron chi connectivity index (χ0n) is 36.0. The van der Waals surface area contributed by atoms with Crippen LogP contribution in [0.4, 0.5) is 34.1 Å². The number of allylic oxidation sites excluding steroid dienone is 1. The summed E-state index contributed by atoms with van der Waals surface area (Å²) in [4.78, 5) is 4.47. The fraction of sp³-hybridized carbons (Fsp3) is 0.0323. The van der Waals surface area contributed by atoms with Gasteiger partial charge in [0.25, 0.3) is 0 Å². The van der Waals surface area contributed by atoms with Crippen molar-refractivity contribution < 1.29 is 0 Å². The number of hydrogen-bond acceptors (Lipinski definition) is 4. The molecular weight excluding hydrogens is 801 g/mol. The van der Waals surface area contributed by atoms with Crippen molar-refractivity contribution in [1.29, 1.82) is 10.5 Å². The number of hydrogen-bond donors (Lipinski definition) is 0. The average molecular weight is 841 g/mol. The largest absolute Gasteiger partial charge is 0.309 e. The van der Waals surface area contributed by atoms with Crippen molar-refractivity contribution in [3.05, 3.63) is 240 Å². The van der Waals surface area contributed by atoms with Crippen LogP contribution in [0.25, 0.3) is 65.9 Å². The van der Waals surface area contributed by atoms with E-state index in [0.717, 1.165) is 90.4 Å². The summed E-state index contributed by atoms with van der Waals surface area (Å²) >= 11 is 0. The molecule has 0 aliphatic heterocycles. The molecule has 4 heteroatoms. The lowest BCUT2D eigenvalue weighted by Gasteiger charge is -2.30. The first-order chi connectivity index (χ1) is 32.6. The smallest absolute Gasteiger partial charge is 0.101 e. The number of para-hydroxylation sites is 2. The zero-order chi connectivity index (χ0) is 44.1.